The molecule has 1 heterocycles. The van der Waals surface area contributed by atoms with Crippen LogP contribution in [0.4, 0.5) is 5.69 Å². The van der Waals surface area contributed by atoms with E-state index in [1.165, 1.54) is 0 Å². The van der Waals surface area contributed by atoms with Gasteiger partial charge in [0.25, 0.3) is 0 Å². The molecule has 0 saturated carbocycles. The molecule has 1 aromatic carbocycles. The van der Waals surface area contributed by atoms with Crippen LogP contribution in [-0.2, 0) is 4.79 Å². The van der Waals surface area contributed by atoms with Gasteiger partial charge in [-0.05, 0) is 30.0 Å². The molecule has 122 valence electrons. The van der Waals surface area contributed by atoms with Gasteiger partial charge in [0.15, 0.2) is 0 Å². The van der Waals surface area contributed by atoms with Crippen molar-refractivity contribution in [2.24, 2.45) is 11.1 Å². The SMILES string of the molecule is COc1ccc(Cl)cc1NC(=O)CN1CCC(N)C(C)(C)C1. The van der Waals surface area contributed by atoms with Gasteiger partial charge in [-0.2, -0.15) is 0 Å². The number of likely N-dealkylation sites (tertiary alicyclic amines) is 1. The number of piperidine rings is 1. The smallest absolute Gasteiger partial charge is 0.238 e. The largest absolute Gasteiger partial charge is 0.495 e. The predicted molar refractivity (Wildman–Crippen MR) is 89.4 cm³/mol. The number of rotatable bonds is 4. The summed E-state index contributed by atoms with van der Waals surface area (Å²) in [5.74, 6) is 0.519. The first-order valence-corrected chi connectivity index (χ1v) is 7.81. The molecule has 0 radical (unpaired) electrons. The van der Waals surface area contributed by atoms with Crippen LogP contribution in [0.5, 0.6) is 5.75 Å². The van der Waals surface area contributed by atoms with E-state index in [2.05, 4.69) is 24.1 Å². The van der Waals surface area contributed by atoms with E-state index in [0.717, 1.165) is 19.5 Å². The average molecular weight is 326 g/mol. The number of nitrogens with zero attached hydrogens (tertiary/aromatic N) is 1. The predicted octanol–water partition coefficient (Wildman–Crippen LogP) is 2.35. The second-order valence-electron chi connectivity index (χ2n) is 6.49. The third-order valence-electron chi connectivity index (χ3n) is 4.19. The van der Waals surface area contributed by atoms with Crippen LogP contribution in [0.3, 0.4) is 0 Å². The molecule has 0 aromatic heterocycles. The number of anilines is 1. The number of methoxy groups -OCH3 is 1. The lowest BCUT2D eigenvalue weighted by atomic mass is 9.80. The lowest BCUT2D eigenvalue weighted by Gasteiger charge is -2.42. The summed E-state index contributed by atoms with van der Waals surface area (Å²) in [4.78, 5) is 14.4. The zero-order valence-corrected chi connectivity index (χ0v) is 14.1. The Bertz CT molecular complexity index is 548. The lowest BCUT2D eigenvalue weighted by Crippen LogP contribution is -2.53. The number of carbonyl (C=O) groups is 1. The van der Waals surface area contributed by atoms with Crippen molar-refractivity contribution in [2.75, 3.05) is 32.1 Å². The van der Waals surface area contributed by atoms with Crippen molar-refractivity contribution in [3.05, 3.63) is 23.2 Å². The summed E-state index contributed by atoms with van der Waals surface area (Å²) in [6.45, 7) is 6.27. The molecule has 1 fully saturated rings. The normalized spacial score (nSPS) is 21.4. The van der Waals surface area contributed by atoms with Crippen LogP contribution in [0.25, 0.3) is 0 Å². The summed E-state index contributed by atoms with van der Waals surface area (Å²) < 4.78 is 5.23. The molecule has 1 atom stereocenters. The third-order valence-corrected chi connectivity index (χ3v) is 4.43. The summed E-state index contributed by atoms with van der Waals surface area (Å²) in [6.07, 6.45) is 0.904. The Balaban J connectivity index is 1.98. The molecule has 6 heteroatoms. The Morgan fingerprint density at radius 1 is 1.55 bits per heavy atom. The van der Waals surface area contributed by atoms with Crippen LogP contribution in [-0.4, -0.2) is 43.6 Å². The fourth-order valence-corrected chi connectivity index (χ4v) is 2.96. The number of halogens is 1. The maximum atomic E-state index is 12.3. The van der Waals surface area contributed by atoms with Crippen molar-refractivity contribution >= 4 is 23.2 Å². The number of hydrogen-bond donors (Lipinski definition) is 2. The lowest BCUT2D eigenvalue weighted by molar-refractivity contribution is -0.118. The first kappa shape index (κ1) is 17.1. The number of benzene rings is 1. The monoisotopic (exact) mass is 325 g/mol. The molecule has 1 amide bonds. The minimum Gasteiger partial charge on any atom is -0.495 e. The van der Waals surface area contributed by atoms with Crippen LogP contribution in [0.1, 0.15) is 20.3 Å². The summed E-state index contributed by atoms with van der Waals surface area (Å²) in [7, 11) is 1.56. The highest BCUT2D eigenvalue weighted by Gasteiger charge is 2.33. The molecule has 5 nitrogen and oxygen atoms in total. The van der Waals surface area contributed by atoms with Crippen molar-refractivity contribution < 1.29 is 9.53 Å². The number of hydrogen-bond acceptors (Lipinski definition) is 4. The Morgan fingerprint density at radius 3 is 2.91 bits per heavy atom. The first-order chi connectivity index (χ1) is 10.3. The maximum absolute atomic E-state index is 12.3. The van der Waals surface area contributed by atoms with Crippen LogP contribution in [0.15, 0.2) is 18.2 Å². The van der Waals surface area contributed by atoms with Gasteiger partial charge in [0.2, 0.25) is 5.91 Å². The molecule has 1 aliphatic heterocycles. The molecule has 1 aliphatic rings. The minimum absolute atomic E-state index is 0.0201. The Kier molecular flexibility index (Phi) is 5.32. The van der Waals surface area contributed by atoms with E-state index in [4.69, 9.17) is 22.1 Å². The Labute approximate surface area is 136 Å². The Hall–Kier alpha value is -1.30. The third kappa shape index (κ3) is 4.12. The van der Waals surface area contributed by atoms with Gasteiger partial charge < -0.3 is 15.8 Å². The summed E-state index contributed by atoms with van der Waals surface area (Å²) in [5, 5.41) is 3.42. The molecule has 0 aliphatic carbocycles. The highest BCUT2D eigenvalue weighted by molar-refractivity contribution is 6.31. The van der Waals surface area contributed by atoms with Gasteiger partial charge in [0, 0.05) is 24.2 Å². The highest BCUT2D eigenvalue weighted by atomic mass is 35.5. The molecule has 3 N–H and O–H groups in total. The molecule has 0 spiro atoms. The van der Waals surface area contributed by atoms with E-state index in [-0.39, 0.29) is 17.4 Å². The fourth-order valence-electron chi connectivity index (χ4n) is 2.79. The molecule has 22 heavy (non-hydrogen) atoms. The first-order valence-electron chi connectivity index (χ1n) is 7.43. The number of amides is 1. The van der Waals surface area contributed by atoms with Gasteiger partial charge in [0.1, 0.15) is 5.75 Å². The Morgan fingerprint density at radius 2 is 2.27 bits per heavy atom. The van der Waals surface area contributed by atoms with E-state index >= 15 is 0 Å². The van der Waals surface area contributed by atoms with Crippen LogP contribution in [0, 0.1) is 5.41 Å². The summed E-state index contributed by atoms with van der Waals surface area (Å²) in [5.41, 5.74) is 6.74. The van der Waals surface area contributed by atoms with Gasteiger partial charge in [-0.25, -0.2) is 0 Å². The van der Waals surface area contributed by atoms with E-state index in [1.54, 1.807) is 25.3 Å². The number of ether oxygens (including phenoxy) is 1. The number of nitrogens with two attached hydrogens (primary N) is 1. The zero-order valence-electron chi connectivity index (χ0n) is 13.4. The zero-order chi connectivity index (χ0) is 16.3. The average Bonchev–Trinajstić information content (AvgIpc) is 2.43. The standard InChI is InChI=1S/C16H24ClN3O2/c1-16(2)10-20(7-6-14(16)18)9-15(21)19-12-8-11(17)4-5-13(12)22-3/h4-5,8,14H,6-7,9-10,18H2,1-3H3,(H,19,21). The van der Waals surface area contributed by atoms with E-state index in [1.807, 2.05) is 0 Å². The maximum Gasteiger partial charge on any atom is 0.238 e. The van der Waals surface area contributed by atoms with Crippen molar-refractivity contribution in [3.8, 4) is 5.75 Å². The molecule has 2 rings (SSSR count). The fraction of sp³-hybridized carbons (Fsp3) is 0.562. The van der Waals surface area contributed by atoms with E-state index in [0.29, 0.717) is 23.0 Å². The van der Waals surface area contributed by atoms with Crippen molar-refractivity contribution in [1.29, 1.82) is 0 Å². The van der Waals surface area contributed by atoms with Crippen molar-refractivity contribution in [3.63, 3.8) is 0 Å². The second-order valence-corrected chi connectivity index (χ2v) is 6.92. The molecule has 1 saturated heterocycles. The van der Waals surface area contributed by atoms with Gasteiger partial charge in [-0.1, -0.05) is 25.4 Å². The molecular weight excluding hydrogens is 302 g/mol. The van der Waals surface area contributed by atoms with Gasteiger partial charge in [-0.3, -0.25) is 9.69 Å². The molecule has 1 unspecified atom stereocenters. The van der Waals surface area contributed by atoms with Gasteiger partial charge in [0.05, 0.1) is 19.3 Å². The summed E-state index contributed by atoms with van der Waals surface area (Å²) >= 11 is 5.97. The quantitative estimate of drug-likeness (QED) is 0.891. The number of carbonyl (C=O) groups excluding carboxylic acids is 1. The topological polar surface area (TPSA) is 67.6 Å². The second kappa shape index (κ2) is 6.86. The van der Waals surface area contributed by atoms with Crippen molar-refractivity contribution in [2.45, 2.75) is 26.3 Å². The summed E-state index contributed by atoms with van der Waals surface area (Å²) in [6, 6.07) is 5.33. The molecular formula is C16H24ClN3O2. The van der Waals surface area contributed by atoms with Gasteiger partial charge >= 0.3 is 0 Å². The van der Waals surface area contributed by atoms with Crippen LogP contribution in [0.2, 0.25) is 5.02 Å². The molecule has 1 aromatic rings. The highest BCUT2D eigenvalue weighted by Crippen LogP contribution is 2.29. The van der Waals surface area contributed by atoms with Crippen LogP contribution >= 0.6 is 11.6 Å². The number of nitrogens with one attached hydrogen (secondary N) is 1. The molecule has 0 bridgehead atoms. The van der Waals surface area contributed by atoms with Crippen LogP contribution < -0.4 is 15.8 Å². The van der Waals surface area contributed by atoms with Crippen molar-refractivity contribution in [1.82, 2.24) is 4.90 Å². The minimum atomic E-state index is -0.0770. The van der Waals surface area contributed by atoms with Gasteiger partial charge in [-0.15, -0.1) is 0 Å². The van der Waals surface area contributed by atoms with E-state index in [9.17, 15) is 4.79 Å². The van der Waals surface area contributed by atoms with E-state index < -0.39 is 0 Å².